The highest BCUT2D eigenvalue weighted by atomic mass is 79.9. The number of halogens is 1. The highest BCUT2D eigenvalue weighted by Crippen LogP contribution is 2.38. The normalized spacial score (nSPS) is 11.3. The predicted octanol–water partition coefficient (Wildman–Crippen LogP) is 4.97. The molecule has 4 rings (SSSR count). The summed E-state index contributed by atoms with van der Waals surface area (Å²) in [6.45, 7) is 2.67. The number of carbonyl (C=O) groups excluding carboxylic acids is 1. The van der Waals surface area contributed by atoms with Gasteiger partial charge in [0, 0.05) is 22.0 Å². The molecule has 0 fully saturated rings. The molecule has 0 saturated carbocycles. The van der Waals surface area contributed by atoms with Crippen LogP contribution in [0.25, 0.3) is 21.8 Å². The van der Waals surface area contributed by atoms with Crippen LogP contribution in [0.15, 0.2) is 59.1 Å². The van der Waals surface area contributed by atoms with E-state index >= 15 is 0 Å². The minimum Gasteiger partial charge on any atom is -0.507 e. The summed E-state index contributed by atoms with van der Waals surface area (Å²) in [5.74, 6) is -0.322. The summed E-state index contributed by atoms with van der Waals surface area (Å²) in [5.41, 5.74) is 9.98. The van der Waals surface area contributed by atoms with Crippen LogP contribution in [-0.2, 0) is 13.0 Å². The quantitative estimate of drug-likeness (QED) is 0.487. The van der Waals surface area contributed by atoms with E-state index in [1.807, 2.05) is 24.3 Å². The topological polar surface area (TPSA) is 68.2 Å². The van der Waals surface area contributed by atoms with Gasteiger partial charge in [-0.15, -0.1) is 0 Å². The Hall–Kier alpha value is -2.79. The van der Waals surface area contributed by atoms with Crippen LogP contribution in [0.2, 0.25) is 0 Å². The Kier molecular flexibility index (Phi) is 4.40. The van der Waals surface area contributed by atoms with Crippen molar-refractivity contribution in [3.8, 4) is 5.75 Å². The van der Waals surface area contributed by atoms with Crippen LogP contribution in [-0.4, -0.2) is 15.6 Å². The lowest BCUT2D eigenvalue weighted by molar-refractivity contribution is 0.100. The van der Waals surface area contributed by atoms with Crippen LogP contribution >= 0.6 is 15.9 Å². The van der Waals surface area contributed by atoms with Gasteiger partial charge in [-0.1, -0.05) is 41.1 Å². The fraction of sp³-hybridized carbons (Fsp3) is 0.136. The van der Waals surface area contributed by atoms with Gasteiger partial charge in [-0.25, -0.2) is 0 Å². The minimum atomic E-state index is -0.499. The molecule has 1 amide bonds. The SMILES string of the molecule is CCc1cc(O)c2c3c(C(N)=O)cccc3n(Cc3cccc(Br)c3)c2c1. The molecular weight excluding hydrogens is 404 g/mol. The van der Waals surface area contributed by atoms with Crippen molar-refractivity contribution in [2.24, 2.45) is 5.73 Å². The number of aryl methyl sites for hydroxylation is 1. The van der Waals surface area contributed by atoms with Crippen molar-refractivity contribution in [3.05, 3.63) is 75.8 Å². The first kappa shape index (κ1) is 17.6. The first-order valence-corrected chi connectivity index (χ1v) is 9.60. The zero-order valence-electron chi connectivity index (χ0n) is 14.9. The zero-order valence-corrected chi connectivity index (χ0v) is 16.5. The van der Waals surface area contributed by atoms with Crippen LogP contribution in [0, 0.1) is 0 Å². The molecule has 1 aromatic heterocycles. The first-order valence-electron chi connectivity index (χ1n) is 8.80. The highest BCUT2D eigenvalue weighted by Gasteiger charge is 2.19. The molecule has 0 unspecified atom stereocenters. The van der Waals surface area contributed by atoms with Gasteiger partial charge in [-0.2, -0.15) is 0 Å². The summed E-state index contributed by atoms with van der Waals surface area (Å²) in [7, 11) is 0. The zero-order chi connectivity index (χ0) is 19.1. The summed E-state index contributed by atoms with van der Waals surface area (Å²) in [6.07, 6.45) is 0.810. The van der Waals surface area contributed by atoms with Crippen molar-refractivity contribution in [2.45, 2.75) is 19.9 Å². The maximum absolute atomic E-state index is 12.0. The number of phenols is 1. The first-order chi connectivity index (χ1) is 13.0. The van der Waals surface area contributed by atoms with Crippen molar-refractivity contribution in [1.82, 2.24) is 4.57 Å². The lowest BCUT2D eigenvalue weighted by Crippen LogP contribution is -2.11. The number of nitrogens with zero attached hydrogens (tertiary/aromatic N) is 1. The summed E-state index contributed by atoms with van der Waals surface area (Å²) in [5, 5.41) is 12.1. The predicted molar refractivity (Wildman–Crippen MR) is 112 cm³/mol. The van der Waals surface area contributed by atoms with Crippen LogP contribution < -0.4 is 5.73 Å². The number of benzene rings is 3. The molecule has 0 spiro atoms. The molecular formula is C22H19BrN2O2. The van der Waals surface area contributed by atoms with E-state index in [2.05, 4.69) is 45.6 Å². The monoisotopic (exact) mass is 422 g/mol. The van der Waals surface area contributed by atoms with Gasteiger partial charge >= 0.3 is 0 Å². The Bertz CT molecular complexity index is 1190. The smallest absolute Gasteiger partial charge is 0.249 e. The third-order valence-electron chi connectivity index (χ3n) is 4.93. The van der Waals surface area contributed by atoms with E-state index in [-0.39, 0.29) is 5.75 Å². The number of amides is 1. The minimum absolute atomic E-state index is 0.177. The summed E-state index contributed by atoms with van der Waals surface area (Å²) in [4.78, 5) is 12.0. The van der Waals surface area contributed by atoms with Gasteiger partial charge in [0.15, 0.2) is 0 Å². The van der Waals surface area contributed by atoms with Crippen molar-refractivity contribution in [3.63, 3.8) is 0 Å². The number of rotatable bonds is 4. The van der Waals surface area contributed by atoms with Crippen LogP contribution in [0.3, 0.4) is 0 Å². The maximum atomic E-state index is 12.0. The third kappa shape index (κ3) is 2.98. The molecule has 0 aliphatic carbocycles. The molecule has 4 nitrogen and oxygen atoms in total. The van der Waals surface area contributed by atoms with E-state index in [1.54, 1.807) is 12.1 Å². The molecule has 3 N–H and O–H groups in total. The summed E-state index contributed by atoms with van der Waals surface area (Å²) in [6, 6.07) is 17.5. The number of carbonyl (C=O) groups is 1. The maximum Gasteiger partial charge on any atom is 0.249 e. The van der Waals surface area contributed by atoms with Gasteiger partial charge in [0.1, 0.15) is 5.75 Å². The number of phenolic OH excluding ortho intramolecular Hbond substituents is 1. The molecule has 4 aromatic rings. The molecule has 5 heteroatoms. The Balaban J connectivity index is 2.10. The molecule has 0 aliphatic heterocycles. The number of hydrogen-bond acceptors (Lipinski definition) is 2. The highest BCUT2D eigenvalue weighted by molar-refractivity contribution is 9.10. The van der Waals surface area contributed by atoms with Crippen molar-refractivity contribution in [2.75, 3.05) is 0 Å². The number of primary amides is 1. The van der Waals surface area contributed by atoms with Crippen LogP contribution in [0.5, 0.6) is 5.75 Å². The van der Waals surface area contributed by atoms with E-state index in [1.165, 1.54) is 0 Å². The van der Waals surface area contributed by atoms with Gasteiger partial charge in [0.05, 0.1) is 16.4 Å². The van der Waals surface area contributed by atoms with E-state index in [0.29, 0.717) is 22.9 Å². The summed E-state index contributed by atoms with van der Waals surface area (Å²) >= 11 is 3.52. The van der Waals surface area contributed by atoms with Gasteiger partial charge in [0.25, 0.3) is 0 Å². The van der Waals surface area contributed by atoms with Gasteiger partial charge in [-0.05, 0) is 53.9 Å². The molecule has 3 aromatic carbocycles. The van der Waals surface area contributed by atoms with Crippen LogP contribution in [0.4, 0.5) is 0 Å². The largest absolute Gasteiger partial charge is 0.507 e. The number of aromatic hydroxyl groups is 1. The fourth-order valence-corrected chi connectivity index (χ4v) is 4.14. The Morgan fingerprint density at radius 3 is 2.52 bits per heavy atom. The molecule has 136 valence electrons. The van der Waals surface area contributed by atoms with Crippen molar-refractivity contribution >= 4 is 43.6 Å². The molecule has 27 heavy (non-hydrogen) atoms. The lowest BCUT2D eigenvalue weighted by Gasteiger charge is -2.09. The molecule has 0 saturated heterocycles. The van der Waals surface area contributed by atoms with E-state index < -0.39 is 5.91 Å². The second kappa shape index (κ2) is 6.74. The molecule has 0 bridgehead atoms. The van der Waals surface area contributed by atoms with Crippen molar-refractivity contribution < 1.29 is 9.90 Å². The Morgan fingerprint density at radius 1 is 1.04 bits per heavy atom. The Labute approximate surface area is 165 Å². The lowest BCUT2D eigenvalue weighted by atomic mass is 10.0. The number of nitrogens with two attached hydrogens (primary N) is 1. The van der Waals surface area contributed by atoms with E-state index in [4.69, 9.17) is 5.73 Å². The van der Waals surface area contributed by atoms with E-state index in [9.17, 15) is 9.90 Å². The van der Waals surface area contributed by atoms with Gasteiger partial charge in [0.2, 0.25) is 5.91 Å². The molecule has 0 atom stereocenters. The summed E-state index contributed by atoms with van der Waals surface area (Å²) < 4.78 is 3.15. The molecule has 0 aliphatic rings. The van der Waals surface area contributed by atoms with E-state index in [0.717, 1.165) is 33.1 Å². The van der Waals surface area contributed by atoms with Gasteiger partial charge in [-0.3, -0.25) is 4.79 Å². The Morgan fingerprint density at radius 2 is 1.81 bits per heavy atom. The number of fused-ring (bicyclic) bond motifs is 3. The van der Waals surface area contributed by atoms with Crippen molar-refractivity contribution in [1.29, 1.82) is 0 Å². The third-order valence-corrected chi connectivity index (χ3v) is 5.43. The molecule has 0 radical (unpaired) electrons. The standard InChI is InChI=1S/C22H19BrN2O2/c1-2-13-10-18-21(19(26)11-13)20-16(22(24)27)7-4-8-17(20)25(18)12-14-5-3-6-15(23)9-14/h3-11,26H,2,12H2,1H3,(H2,24,27). The second-order valence-corrected chi connectivity index (χ2v) is 7.56. The fourth-order valence-electron chi connectivity index (χ4n) is 3.69. The average Bonchev–Trinajstić information content (AvgIpc) is 2.96. The second-order valence-electron chi connectivity index (χ2n) is 6.64. The average molecular weight is 423 g/mol. The number of hydrogen-bond donors (Lipinski definition) is 2. The van der Waals surface area contributed by atoms with Crippen LogP contribution in [0.1, 0.15) is 28.4 Å². The van der Waals surface area contributed by atoms with Gasteiger partial charge < -0.3 is 15.4 Å². The number of aromatic nitrogens is 1. The molecule has 1 heterocycles.